The van der Waals surface area contributed by atoms with E-state index in [1.165, 1.54) is 5.57 Å². The summed E-state index contributed by atoms with van der Waals surface area (Å²) in [7, 11) is 1.65. The number of ether oxygens (including phenoxy) is 2. The van der Waals surface area contributed by atoms with E-state index in [9.17, 15) is 4.79 Å². The predicted octanol–water partition coefficient (Wildman–Crippen LogP) is 5.03. The second-order valence-corrected chi connectivity index (χ2v) is 7.50. The van der Waals surface area contributed by atoms with Crippen molar-refractivity contribution in [3.63, 3.8) is 0 Å². The molecular weight excluding hydrogens is 362 g/mol. The Morgan fingerprint density at radius 2 is 1.83 bits per heavy atom. The van der Waals surface area contributed by atoms with Gasteiger partial charge >= 0.3 is 5.97 Å². The number of esters is 1. The Labute approximate surface area is 173 Å². The van der Waals surface area contributed by atoms with Crippen molar-refractivity contribution in [3.8, 4) is 11.5 Å². The molecule has 152 valence electrons. The Balaban J connectivity index is 1.94. The fourth-order valence-corrected chi connectivity index (χ4v) is 3.34. The molecule has 0 radical (unpaired) electrons. The monoisotopic (exact) mass is 391 g/mol. The van der Waals surface area contributed by atoms with Gasteiger partial charge in [-0.1, -0.05) is 54.1 Å². The van der Waals surface area contributed by atoms with Gasteiger partial charge in [-0.15, -0.1) is 0 Å². The van der Waals surface area contributed by atoms with Gasteiger partial charge in [0, 0.05) is 5.56 Å². The van der Waals surface area contributed by atoms with Gasteiger partial charge in [0.05, 0.1) is 7.11 Å². The van der Waals surface area contributed by atoms with Crippen LogP contribution in [0, 0.1) is 0 Å². The third-order valence-corrected chi connectivity index (χ3v) is 4.95. The molecule has 1 atom stereocenters. The van der Waals surface area contributed by atoms with Crippen molar-refractivity contribution in [1.82, 2.24) is 5.32 Å². The minimum Gasteiger partial charge on any atom is -0.496 e. The van der Waals surface area contributed by atoms with Crippen LogP contribution >= 0.6 is 0 Å². The van der Waals surface area contributed by atoms with E-state index < -0.39 is 0 Å². The van der Waals surface area contributed by atoms with Crippen molar-refractivity contribution in [2.24, 2.45) is 0 Å². The summed E-state index contributed by atoms with van der Waals surface area (Å²) >= 11 is 0. The summed E-state index contributed by atoms with van der Waals surface area (Å²) in [6.45, 7) is 4.96. The normalized spacial score (nSPS) is 16.0. The van der Waals surface area contributed by atoms with Crippen LogP contribution in [0.5, 0.6) is 11.5 Å². The lowest BCUT2D eigenvalue weighted by atomic mass is 10.0. The molecule has 2 aromatic carbocycles. The van der Waals surface area contributed by atoms with E-state index in [0.717, 1.165) is 41.8 Å². The number of nitrogens with one attached hydrogen (secondary N) is 1. The van der Waals surface area contributed by atoms with Crippen LogP contribution in [0.25, 0.3) is 12.2 Å². The zero-order valence-electron chi connectivity index (χ0n) is 17.4. The summed E-state index contributed by atoms with van der Waals surface area (Å²) in [5, 5.41) is 3.20. The van der Waals surface area contributed by atoms with Crippen LogP contribution in [0.3, 0.4) is 0 Å². The summed E-state index contributed by atoms with van der Waals surface area (Å²) in [5.41, 5.74) is 4.12. The average molecular weight is 392 g/mol. The SMILES string of the molecule is COc1cc(/C=C/c2ccccc2)cc(OC(=O)C2CCCN2)c1CC=C(C)C. The molecule has 4 nitrogen and oxygen atoms in total. The van der Waals surface area contributed by atoms with Crippen LogP contribution in [-0.4, -0.2) is 25.7 Å². The third-order valence-electron chi connectivity index (χ3n) is 4.95. The highest BCUT2D eigenvalue weighted by Gasteiger charge is 2.25. The maximum atomic E-state index is 12.6. The predicted molar refractivity (Wildman–Crippen MR) is 118 cm³/mol. The number of allylic oxidation sites excluding steroid dienone is 2. The number of hydrogen-bond acceptors (Lipinski definition) is 4. The van der Waals surface area contributed by atoms with Gasteiger partial charge in [0.1, 0.15) is 17.5 Å². The van der Waals surface area contributed by atoms with Gasteiger partial charge in [0.15, 0.2) is 0 Å². The molecule has 1 N–H and O–H groups in total. The molecule has 4 heteroatoms. The molecule has 1 aliphatic rings. The first-order valence-electron chi connectivity index (χ1n) is 10.1. The number of carbonyl (C=O) groups is 1. The fraction of sp³-hybridized carbons (Fsp3) is 0.320. The largest absolute Gasteiger partial charge is 0.496 e. The molecule has 2 aromatic rings. The number of benzene rings is 2. The molecule has 1 unspecified atom stereocenters. The average Bonchev–Trinajstić information content (AvgIpc) is 3.26. The molecule has 0 aliphatic carbocycles. The van der Waals surface area contributed by atoms with Gasteiger partial charge in [-0.05, 0) is 62.9 Å². The maximum absolute atomic E-state index is 12.6. The molecule has 0 spiro atoms. The molecule has 29 heavy (non-hydrogen) atoms. The Hall–Kier alpha value is -2.85. The number of hydrogen-bond donors (Lipinski definition) is 1. The zero-order valence-corrected chi connectivity index (χ0v) is 17.4. The molecular formula is C25H29NO3. The number of rotatable bonds is 7. The summed E-state index contributed by atoms with van der Waals surface area (Å²) in [4.78, 5) is 12.6. The molecule has 1 fully saturated rings. The van der Waals surface area contributed by atoms with Crippen LogP contribution in [0.4, 0.5) is 0 Å². The molecule has 1 heterocycles. The van der Waals surface area contributed by atoms with E-state index in [4.69, 9.17) is 9.47 Å². The highest BCUT2D eigenvalue weighted by molar-refractivity contribution is 5.80. The Morgan fingerprint density at radius 3 is 2.48 bits per heavy atom. The van der Waals surface area contributed by atoms with Crippen LogP contribution in [0.15, 0.2) is 54.1 Å². The highest BCUT2D eigenvalue weighted by Crippen LogP contribution is 2.33. The standard InChI is InChI=1S/C25H29NO3/c1-18(2)11-14-21-23(28-3)16-20(13-12-19-8-5-4-6-9-19)17-24(21)29-25(27)22-10-7-15-26-22/h4-6,8-9,11-13,16-17,22,26H,7,10,14-15H2,1-3H3/b13-12+. The second-order valence-electron chi connectivity index (χ2n) is 7.50. The van der Waals surface area contributed by atoms with Crippen molar-refractivity contribution in [2.75, 3.05) is 13.7 Å². The van der Waals surface area contributed by atoms with Crippen molar-refractivity contribution in [2.45, 2.75) is 39.2 Å². The fourth-order valence-electron chi connectivity index (χ4n) is 3.34. The zero-order chi connectivity index (χ0) is 20.6. The molecule has 1 saturated heterocycles. The van der Waals surface area contributed by atoms with Crippen molar-refractivity contribution >= 4 is 18.1 Å². The van der Waals surface area contributed by atoms with Crippen molar-refractivity contribution in [1.29, 1.82) is 0 Å². The van der Waals surface area contributed by atoms with Crippen molar-refractivity contribution < 1.29 is 14.3 Å². The summed E-state index contributed by atoms with van der Waals surface area (Å²) in [6, 6.07) is 13.8. The van der Waals surface area contributed by atoms with Gasteiger partial charge in [-0.2, -0.15) is 0 Å². The van der Waals surface area contributed by atoms with Crippen LogP contribution in [-0.2, 0) is 11.2 Å². The minimum absolute atomic E-state index is 0.229. The van der Waals surface area contributed by atoms with E-state index >= 15 is 0 Å². The minimum atomic E-state index is -0.235. The van der Waals surface area contributed by atoms with Crippen LogP contribution in [0.1, 0.15) is 43.4 Å². The highest BCUT2D eigenvalue weighted by atomic mass is 16.5. The van der Waals surface area contributed by atoms with E-state index in [1.54, 1.807) is 7.11 Å². The quantitative estimate of drug-likeness (QED) is 0.311. The molecule has 0 saturated carbocycles. The number of carbonyl (C=O) groups excluding carboxylic acids is 1. The lowest BCUT2D eigenvalue weighted by molar-refractivity contribution is -0.136. The van der Waals surface area contributed by atoms with Gasteiger partial charge in [0.2, 0.25) is 0 Å². The first kappa shape index (κ1) is 20.9. The Kier molecular flexibility index (Phi) is 7.25. The smallest absolute Gasteiger partial charge is 0.328 e. The third kappa shape index (κ3) is 5.81. The lowest BCUT2D eigenvalue weighted by Gasteiger charge is -2.16. The Bertz CT molecular complexity index is 890. The van der Waals surface area contributed by atoms with Gasteiger partial charge in [-0.3, -0.25) is 0 Å². The van der Waals surface area contributed by atoms with Gasteiger partial charge < -0.3 is 14.8 Å². The van der Waals surface area contributed by atoms with Crippen molar-refractivity contribution in [3.05, 3.63) is 70.8 Å². The van der Waals surface area contributed by atoms with E-state index in [1.807, 2.05) is 54.6 Å². The van der Waals surface area contributed by atoms with E-state index in [2.05, 4.69) is 25.2 Å². The Morgan fingerprint density at radius 1 is 1.10 bits per heavy atom. The van der Waals surface area contributed by atoms with E-state index in [0.29, 0.717) is 12.2 Å². The number of methoxy groups -OCH3 is 1. The topological polar surface area (TPSA) is 47.6 Å². The molecule has 0 bridgehead atoms. The second kappa shape index (κ2) is 10.1. The van der Waals surface area contributed by atoms with Gasteiger partial charge in [-0.25, -0.2) is 4.79 Å². The lowest BCUT2D eigenvalue weighted by Crippen LogP contribution is -2.34. The molecule has 0 aromatic heterocycles. The first-order chi connectivity index (χ1) is 14.1. The van der Waals surface area contributed by atoms with Gasteiger partial charge in [0.25, 0.3) is 0 Å². The van der Waals surface area contributed by atoms with Crippen LogP contribution < -0.4 is 14.8 Å². The maximum Gasteiger partial charge on any atom is 0.328 e. The van der Waals surface area contributed by atoms with Crippen LogP contribution in [0.2, 0.25) is 0 Å². The van der Waals surface area contributed by atoms with E-state index in [-0.39, 0.29) is 12.0 Å². The summed E-state index contributed by atoms with van der Waals surface area (Å²) in [5.74, 6) is 1.06. The molecule has 1 aliphatic heterocycles. The molecule has 3 rings (SSSR count). The summed E-state index contributed by atoms with van der Waals surface area (Å²) in [6.07, 6.45) is 8.61. The summed E-state index contributed by atoms with van der Waals surface area (Å²) < 4.78 is 11.5. The molecule has 0 amide bonds. The first-order valence-corrected chi connectivity index (χ1v) is 10.1.